The van der Waals surface area contributed by atoms with E-state index in [9.17, 15) is 4.79 Å². The number of rotatable bonds is 3. The van der Waals surface area contributed by atoms with Crippen LogP contribution in [0.4, 0.5) is 0 Å². The number of hydrogen-bond acceptors (Lipinski definition) is 1. The molecule has 0 aliphatic heterocycles. The summed E-state index contributed by atoms with van der Waals surface area (Å²) >= 11 is 0.212. The van der Waals surface area contributed by atoms with Crippen LogP contribution in [-0.4, -0.2) is 20.7 Å². The molecule has 0 atom stereocenters. The summed E-state index contributed by atoms with van der Waals surface area (Å²) < 4.78 is 2.46. The van der Waals surface area contributed by atoms with Gasteiger partial charge in [-0.2, -0.15) is 0 Å². The molecule has 0 N–H and O–H groups in total. The van der Waals surface area contributed by atoms with Crippen molar-refractivity contribution >= 4 is 29.7 Å². The topological polar surface area (TPSA) is 17.1 Å². The van der Waals surface area contributed by atoms with E-state index >= 15 is 0 Å². The van der Waals surface area contributed by atoms with E-state index in [-0.39, 0.29) is 20.7 Å². The zero-order valence-corrected chi connectivity index (χ0v) is 10.7. The van der Waals surface area contributed by atoms with Gasteiger partial charge in [0.2, 0.25) is 0 Å². The molecule has 16 heavy (non-hydrogen) atoms. The first-order chi connectivity index (χ1) is 7.77. The summed E-state index contributed by atoms with van der Waals surface area (Å²) in [6.07, 6.45) is 0. The Kier molecular flexibility index (Phi) is 3.55. The van der Waals surface area contributed by atoms with Crippen LogP contribution >= 0.6 is 0 Å². The quantitative estimate of drug-likeness (QED) is 0.613. The summed E-state index contributed by atoms with van der Waals surface area (Å²) in [5.41, 5.74) is 0.853. The van der Waals surface area contributed by atoms with Crippen molar-refractivity contribution in [3.63, 3.8) is 0 Å². The first-order valence-corrected chi connectivity index (χ1v) is 6.81. The molecule has 0 fully saturated rings. The third-order valence-electron chi connectivity index (χ3n) is 2.24. The van der Waals surface area contributed by atoms with Crippen LogP contribution in [0.25, 0.3) is 0 Å². The molecule has 0 spiro atoms. The predicted molar refractivity (Wildman–Crippen MR) is 67.9 cm³/mol. The summed E-state index contributed by atoms with van der Waals surface area (Å²) in [5.74, 6) is 0.147. The van der Waals surface area contributed by atoms with Crippen molar-refractivity contribution in [2.45, 2.75) is 6.92 Å². The Morgan fingerprint density at radius 2 is 1.56 bits per heavy atom. The van der Waals surface area contributed by atoms with Gasteiger partial charge >= 0.3 is 102 Å². The van der Waals surface area contributed by atoms with E-state index in [1.165, 1.54) is 4.46 Å². The Morgan fingerprint density at radius 1 is 0.938 bits per heavy atom. The number of benzene rings is 2. The van der Waals surface area contributed by atoms with Crippen molar-refractivity contribution in [2.24, 2.45) is 0 Å². The Bertz CT molecular complexity index is 491. The normalized spacial score (nSPS) is 10.1. The molecule has 0 radical (unpaired) electrons. The maximum atomic E-state index is 11.5. The van der Waals surface area contributed by atoms with Crippen molar-refractivity contribution < 1.29 is 4.79 Å². The average Bonchev–Trinajstić information content (AvgIpc) is 2.31. The van der Waals surface area contributed by atoms with Gasteiger partial charge in [0, 0.05) is 0 Å². The van der Waals surface area contributed by atoms with Gasteiger partial charge in [-0.1, -0.05) is 0 Å². The molecule has 80 valence electrons. The van der Waals surface area contributed by atoms with Gasteiger partial charge in [0.1, 0.15) is 0 Å². The second kappa shape index (κ2) is 5.11. The fraction of sp³-hybridized carbons (Fsp3) is 0.0714. The predicted octanol–water partition coefficient (Wildman–Crippen LogP) is 1.54. The Labute approximate surface area is 102 Å². The van der Waals surface area contributed by atoms with Crippen LogP contribution in [0.3, 0.4) is 0 Å². The third kappa shape index (κ3) is 2.60. The fourth-order valence-electron chi connectivity index (χ4n) is 1.46. The van der Waals surface area contributed by atoms with Gasteiger partial charge in [0.25, 0.3) is 0 Å². The molecule has 2 aromatic carbocycles. The first kappa shape index (κ1) is 11.1. The molecule has 0 amide bonds. The van der Waals surface area contributed by atoms with Gasteiger partial charge in [-0.15, -0.1) is 0 Å². The number of ketones is 1. The molecular formula is C14H12OSe. The van der Waals surface area contributed by atoms with Crippen LogP contribution in [0.5, 0.6) is 0 Å². The van der Waals surface area contributed by atoms with Crippen LogP contribution < -0.4 is 8.92 Å². The standard InChI is InChI=1S/C14H12OSe/c1-11(15)13-9-5-6-10-14(13)16-12-7-3-2-4-8-12/h2-10H,1H3. The molecule has 0 unspecified atom stereocenters. The van der Waals surface area contributed by atoms with E-state index in [2.05, 4.69) is 12.1 Å². The molecular weight excluding hydrogens is 263 g/mol. The summed E-state index contributed by atoms with van der Waals surface area (Å²) in [6.45, 7) is 1.62. The van der Waals surface area contributed by atoms with E-state index in [0.717, 1.165) is 10.0 Å². The van der Waals surface area contributed by atoms with Gasteiger partial charge in [-0.3, -0.25) is 0 Å². The first-order valence-electron chi connectivity index (χ1n) is 5.10. The molecule has 0 aliphatic rings. The molecule has 0 saturated carbocycles. The van der Waals surface area contributed by atoms with Crippen LogP contribution in [0.2, 0.25) is 0 Å². The minimum atomic E-state index is 0.147. The van der Waals surface area contributed by atoms with E-state index < -0.39 is 0 Å². The molecule has 2 aromatic rings. The molecule has 0 aliphatic carbocycles. The second-order valence-electron chi connectivity index (χ2n) is 3.47. The Balaban J connectivity index is 2.31. The van der Waals surface area contributed by atoms with Crippen molar-refractivity contribution in [3.05, 3.63) is 60.2 Å². The number of Topliss-reactive ketones (excluding diaryl/α,β-unsaturated/α-hetero) is 1. The summed E-state index contributed by atoms with van der Waals surface area (Å²) in [4.78, 5) is 11.5. The van der Waals surface area contributed by atoms with Gasteiger partial charge < -0.3 is 0 Å². The molecule has 0 saturated heterocycles. The van der Waals surface area contributed by atoms with E-state index in [0.29, 0.717) is 0 Å². The van der Waals surface area contributed by atoms with Gasteiger partial charge in [-0.05, 0) is 0 Å². The SMILES string of the molecule is CC(=O)c1ccccc1[Se]c1ccccc1. The van der Waals surface area contributed by atoms with Crippen LogP contribution in [0, 0.1) is 0 Å². The van der Waals surface area contributed by atoms with Gasteiger partial charge in [-0.25, -0.2) is 0 Å². The van der Waals surface area contributed by atoms with Crippen LogP contribution in [0.15, 0.2) is 54.6 Å². The maximum absolute atomic E-state index is 11.5. The molecule has 1 nitrogen and oxygen atoms in total. The van der Waals surface area contributed by atoms with Crippen molar-refractivity contribution in [1.29, 1.82) is 0 Å². The van der Waals surface area contributed by atoms with Crippen molar-refractivity contribution in [3.8, 4) is 0 Å². The Morgan fingerprint density at radius 3 is 2.25 bits per heavy atom. The second-order valence-corrected chi connectivity index (χ2v) is 5.81. The van der Waals surface area contributed by atoms with E-state index in [1.54, 1.807) is 6.92 Å². The zero-order chi connectivity index (χ0) is 11.4. The monoisotopic (exact) mass is 276 g/mol. The molecule has 2 heteroatoms. The summed E-state index contributed by atoms with van der Waals surface area (Å²) in [5, 5.41) is 0. The fourth-order valence-corrected chi connectivity index (χ4v) is 3.59. The molecule has 0 aromatic heterocycles. The van der Waals surface area contributed by atoms with Crippen LogP contribution in [0.1, 0.15) is 17.3 Å². The Hall–Kier alpha value is -1.37. The molecule has 0 heterocycles. The summed E-state index contributed by atoms with van der Waals surface area (Å²) in [6, 6.07) is 18.2. The minimum absolute atomic E-state index is 0.147. The van der Waals surface area contributed by atoms with Crippen molar-refractivity contribution in [1.82, 2.24) is 0 Å². The van der Waals surface area contributed by atoms with Crippen LogP contribution in [-0.2, 0) is 0 Å². The van der Waals surface area contributed by atoms with Crippen molar-refractivity contribution in [2.75, 3.05) is 0 Å². The van der Waals surface area contributed by atoms with Gasteiger partial charge in [0.15, 0.2) is 0 Å². The number of hydrogen-bond donors (Lipinski definition) is 0. The molecule has 0 bridgehead atoms. The molecule has 2 rings (SSSR count). The zero-order valence-electron chi connectivity index (χ0n) is 9.01. The third-order valence-corrected chi connectivity index (χ3v) is 4.51. The van der Waals surface area contributed by atoms with Gasteiger partial charge in [0.05, 0.1) is 0 Å². The van der Waals surface area contributed by atoms with E-state index in [1.807, 2.05) is 42.5 Å². The number of carbonyl (C=O) groups is 1. The summed E-state index contributed by atoms with van der Waals surface area (Å²) in [7, 11) is 0. The van der Waals surface area contributed by atoms with E-state index in [4.69, 9.17) is 0 Å². The average molecular weight is 275 g/mol. The number of carbonyl (C=O) groups excluding carboxylic acids is 1.